The van der Waals surface area contributed by atoms with Gasteiger partial charge in [-0.05, 0) is 50.1 Å². The van der Waals surface area contributed by atoms with Gasteiger partial charge < -0.3 is 19.9 Å². The lowest BCUT2D eigenvalue weighted by Gasteiger charge is -2.07. The fraction of sp³-hybridized carbons (Fsp3) is 0.533. The number of carboxylic acid groups (broad SMARTS) is 1. The highest BCUT2D eigenvalue weighted by Crippen LogP contribution is 2.11. The third kappa shape index (κ3) is 7.11. The van der Waals surface area contributed by atoms with Gasteiger partial charge in [0.25, 0.3) is 0 Å². The van der Waals surface area contributed by atoms with Gasteiger partial charge in [0.1, 0.15) is 12.4 Å². The summed E-state index contributed by atoms with van der Waals surface area (Å²) in [6.07, 6.45) is 3.40. The van der Waals surface area contributed by atoms with Crippen LogP contribution in [0, 0.1) is 0 Å². The minimum absolute atomic E-state index is 0.270. The summed E-state index contributed by atoms with van der Waals surface area (Å²) in [6, 6.07) is 6.43. The molecule has 0 saturated heterocycles. The minimum atomic E-state index is -0.924. The molecule has 20 heavy (non-hydrogen) atoms. The van der Waals surface area contributed by atoms with E-state index in [1.54, 1.807) is 31.4 Å². The van der Waals surface area contributed by atoms with Crippen LogP contribution in [0.5, 0.6) is 5.75 Å². The van der Waals surface area contributed by atoms with Crippen molar-refractivity contribution in [1.82, 2.24) is 5.32 Å². The van der Waals surface area contributed by atoms with E-state index in [2.05, 4.69) is 5.32 Å². The Kier molecular flexibility index (Phi) is 8.42. The molecule has 0 fully saturated rings. The van der Waals surface area contributed by atoms with Crippen molar-refractivity contribution >= 4 is 5.97 Å². The summed E-state index contributed by atoms with van der Waals surface area (Å²) in [5, 5.41) is 12.1. The molecule has 0 unspecified atom stereocenters. The van der Waals surface area contributed by atoms with Gasteiger partial charge in [-0.3, -0.25) is 0 Å². The van der Waals surface area contributed by atoms with Gasteiger partial charge in [0.15, 0.2) is 0 Å². The van der Waals surface area contributed by atoms with Crippen LogP contribution in [0.25, 0.3) is 0 Å². The molecule has 1 rings (SSSR count). The lowest BCUT2D eigenvalue weighted by Crippen LogP contribution is -2.22. The maximum atomic E-state index is 10.7. The van der Waals surface area contributed by atoms with Crippen molar-refractivity contribution in [3.05, 3.63) is 29.8 Å². The van der Waals surface area contributed by atoms with E-state index in [-0.39, 0.29) is 5.56 Å². The Morgan fingerprint density at radius 2 is 1.85 bits per heavy atom. The van der Waals surface area contributed by atoms with E-state index in [4.69, 9.17) is 14.6 Å². The Balaban J connectivity index is 2.02. The number of rotatable bonds is 11. The number of carboxylic acids is 1. The summed E-state index contributed by atoms with van der Waals surface area (Å²) in [7, 11) is 1.72. The maximum Gasteiger partial charge on any atom is 0.335 e. The summed E-state index contributed by atoms with van der Waals surface area (Å²) >= 11 is 0. The average Bonchev–Trinajstić information content (AvgIpc) is 2.46. The van der Waals surface area contributed by atoms with Crippen molar-refractivity contribution in [2.75, 3.05) is 33.4 Å². The van der Waals surface area contributed by atoms with Crippen LogP contribution < -0.4 is 10.1 Å². The highest BCUT2D eigenvalue weighted by Gasteiger charge is 2.01. The number of methoxy groups -OCH3 is 1. The van der Waals surface area contributed by atoms with Crippen LogP contribution in [0.4, 0.5) is 0 Å². The number of benzene rings is 1. The van der Waals surface area contributed by atoms with Crippen LogP contribution in [0.15, 0.2) is 24.3 Å². The molecule has 0 saturated carbocycles. The quantitative estimate of drug-likeness (QED) is 0.608. The smallest absolute Gasteiger partial charge is 0.335 e. The monoisotopic (exact) mass is 281 g/mol. The minimum Gasteiger partial charge on any atom is -0.492 e. The number of aromatic carboxylic acids is 1. The second-order valence-corrected chi connectivity index (χ2v) is 4.48. The van der Waals surface area contributed by atoms with Crippen molar-refractivity contribution in [2.45, 2.75) is 19.3 Å². The number of nitrogens with one attached hydrogen (secondary N) is 1. The normalized spacial score (nSPS) is 10.4. The predicted molar refractivity (Wildman–Crippen MR) is 77.5 cm³/mol. The average molecular weight is 281 g/mol. The zero-order chi connectivity index (χ0) is 14.6. The molecule has 5 nitrogen and oxygen atoms in total. The molecule has 1 aromatic carbocycles. The molecule has 1 aromatic rings. The molecule has 0 radical (unpaired) electrons. The topological polar surface area (TPSA) is 67.8 Å². The molecule has 0 aliphatic carbocycles. The van der Waals surface area contributed by atoms with E-state index >= 15 is 0 Å². The van der Waals surface area contributed by atoms with Gasteiger partial charge in [-0.2, -0.15) is 0 Å². The molecule has 0 spiro atoms. The molecular weight excluding hydrogens is 258 g/mol. The number of hydrogen-bond donors (Lipinski definition) is 2. The van der Waals surface area contributed by atoms with E-state index in [0.717, 1.165) is 32.5 Å². The van der Waals surface area contributed by atoms with Gasteiger partial charge >= 0.3 is 5.97 Å². The van der Waals surface area contributed by atoms with Crippen molar-refractivity contribution in [1.29, 1.82) is 0 Å². The Morgan fingerprint density at radius 1 is 1.10 bits per heavy atom. The molecule has 0 atom stereocenters. The third-order valence-corrected chi connectivity index (χ3v) is 2.85. The number of hydrogen-bond acceptors (Lipinski definition) is 4. The molecule has 2 N–H and O–H groups in total. The summed E-state index contributed by atoms with van der Waals surface area (Å²) in [6.45, 7) is 3.16. The summed E-state index contributed by atoms with van der Waals surface area (Å²) in [5.41, 5.74) is 0.270. The summed E-state index contributed by atoms with van der Waals surface area (Å²) < 4.78 is 10.5. The molecule has 0 amide bonds. The molecule has 0 aromatic heterocycles. The van der Waals surface area contributed by atoms with Gasteiger partial charge in [0.05, 0.1) is 5.56 Å². The highest BCUT2D eigenvalue weighted by atomic mass is 16.5. The first-order valence-electron chi connectivity index (χ1n) is 6.90. The fourth-order valence-corrected chi connectivity index (χ4v) is 1.73. The molecule has 0 bridgehead atoms. The second-order valence-electron chi connectivity index (χ2n) is 4.48. The molecule has 0 aliphatic heterocycles. The van der Waals surface area contributed by atoms with E-state index in [0.29, 0.717) is 12.4 Å². The van der Waals surface area contributed by atoms with E-state index in [1.807, 2.05) is 0 Å². The van der Waals surface area contributed by atoms with Crippen LogP contribution >= 0.6 is 0 Å². The molecule has 112 valence electrons. The van der Waals surface area contributed by atoms with Gasteiger partial charge in [0.2, 0.25) is 0 Å². The number of ether oxygens (including phenoxy) is 2. The first-order chi connectivity index (χ1) is 9.74. The molecule has 0 aliphatic rings. The van der Waals surface area contributed by atoms with Gasteiger partial charge in [-0.15, -0.1) is 0 Å². The van der Waals surface area contributed by atoms with E-state index in [1.165, 1.54) is 6.42 Å². The van der Waals surface area contributed by atoms with Gasteiger partial charge in [0, 0.05) is 20.3 Å². The van der Waals surface area contributed by atoms with Crippen molar-refractivity contribution in [2.24, 2.45) is 0 Å². The summed E-state index contributed by atoms with van der Waals surface area (Å²) in [5.74, 6) is -0.233. The Morgan fingerprint density at radius 3 is 2.50 bits per heavy atom. The van der Waals surface area contributed by atoms with E-state index in [9.17, 15) is 4.79 Å². The first kappa shape index (κ1) is 16.5. The zero-order valence-corrected chi connectivity index (χ0v) is 11.9. The highest BCUT2D eigenvalue weighted by molar-refractivity contribution is 5.87. The lowest BCUT2D eigenvalue weighted by molar-refractivity contribution is 0.0697. The lowest BCUT2D eigenvalue weighted by atomic mass is 10.2. The maximum absolute atomic E-state index is 10.7. The third-order valence-electron chi connectivity index (χ3n) is 2.85. The van der Waals surface area contributed by atoms with Crippen LogP contribution in [0.2, 0.25) is 0 Å². The van der Waals surface area contributed by atoms with Gasteiger partial charge in [-0.1, -0.05) is 0 Å². The van der Waals surface area contributed by atoms with Gasteiger partial charge in [-0.25, -0.2) is 4.79 Å². The Hall–Kier alpha value is -1.59. The Labute approximate surface area is 119 Å². The molecule has 5 heteroatoms. The van der Waals surface area contributed by atoms with Crippen molar-refractivity contribution < 1.29 is 19.4 Å². The first-order valence-corrected chi connectivity index (χ1v) is 6.90. The Bertz CT molecular complexity index is 378. The standard InChI is InChI=1S/C15H23NO4/c1-19-11-4-2-3-9-16-10-12-20-14-7-5-13(6-8-14)15(17)18/h5-8,16H,2-4,9-12H2,1H3,(H,17,18). The van der Waals surface area contributed by atoms with Crippen LogP contribution in [0.1, 0.15) is 29.6 Å². The SMILES string of the molecule is COCCCCCNCCOc1ccc(C(=O)O)cc1. The zero-order valence-electron chi connectivity index (χ0n) is 11.9. The molecular formula is C15H23NO4. The largest absolute Gasteiger partial charge is 0.492 e. The number of unbranched alkanes of at least 4 members (excludes halogenated alkanes) is 2. The van der Waals surface area contributed by atoms with E-state index < -0.39 is 5.97 Å². The second kappa shape index (κ2) is 10.2. The van der Waals surface area contributed by atoms with Crippen molar-refractivity contribution in [3.63, 3.8) is 0 Å². The van der Waals surface area contributed by atoms with Crippen molar-refractivity contribution in [3.8, 4) is 5.75 Å². The van der Waals surface area contributed by atoms with Crippen LogP contribution in [-0.4, -0.2) is 44.5 Å². The molecule has 0 heterocycles. The fourth-order valence-electron chi connectivity index (χ4n) is 1.73. The number of carbonyl (C=O) groups is 1. The predicted octanol–water partition coefficient (Wildman–Crippen LogP) is 2.17. The van der Waals surface area contributed by atoms with Crippen LogP contribution in [0.3, 0.4) is 0 Å². The summed E-state index contributed by atoms with van der Waals surface area (Å²) in [4.78, 5) is 10.7. The van der Waals surface area contributed by atoms with Crippen LogP contribution in [-0.2, 0) is 4.74 Å².